The smallest absolute Gasteiger partial charge is 0.326 e. The van der Waals surface area contributed by atoms with Crippen LogP contribution in [0.3, 0.4) is 0 Å². The van der Waals surface area contributed by atoms with Crippen molar-refractivity contribution in [1.29, 1.82) is 0 Å². The number of nitrogens with zero attached hydrogens (tertiary/aromatic N) is 1. The number of hydrogen-bond acceptors (Lipinski definition) is 5. The number of para-hydroxylation sites is 1. The number of aliphatic carboxylic acids is 1. The number of carbonyl (C=O) groups is 3. The van der Waals surface area contributed by atoms with Gasteiger partial charge < -0.3 is 10.8 Å². The van der Waals surface area contributed by atoms with Crippen molar-refractivity contribution in [2.24, 2.45) is 11.7 Å². The lowest BCUT2D eigenvalue weighted by Gasteiger charge is -2.35. The van der Waals surface area contributed by atoms with Gasteiger partial charge in [0.2, 0.25) is 0 Å². The minimum atomic E-state index is -1.84. The Morgan fingerprint density at radius 1 is 1.25 bits per heavy atom. The fourth-order valence-corrected chi connectivity index (χ4v) is 2.65. The monoisotopic (exact) mass is 352 g/mol. The van der Waals surface area contributed by atoms with Gasteiger partial charge in [-0.2, -0.15) is 12.6 Å². The largest absolute Gasteiger partial charge is 0.480 e. The zero-order valence-corrected chi connectivity index (χ0v) is 15.0. The van der Waals surface area contributed by atoms with E-state index in [1.165, 1.54) is 6.92 Å². The van der Waals surface area contributed by atoms with Gasteiger partial charge in [-0.3, -0.25) is 14.5 Å². The molecule has 1 aromatic carbocycles. The molecule has 1 aromatic rings. The Morgan fingerprint density at radius 3 is 2.21 bits per heavy atom. The van der Waals surface area contributed by atoms with E-state index >= 15 is 0 Å². The molecule has 132 valence electrons. The van der Waals surface area contributed by atoms with Gasteiger partial charge in [-0.1, -0.05) is 32.0 Å². The van der Waals surface area contributed by atoms with Crippen LogP contribution >= 0.6 is 12.6 Å². The van der Waals surface area contributed by atoms with Crippen molar-refractivity contribution < 1.29 is 19.5 Å². The second-order valence-electron chi connectivity index (χ2n) is 6.28. The van der Waals surface area contributed by atoms with E-state index in [1.807, 2.05) is 13.8 Å². The lowest BCUT2D eigenvalue weighted by Crippen LogP contribution is -2.62. The maximum atomic E-state index is 13.0. The Bertz CT molecular complexity index is 602. The lowest BCUT2D eigenvalue weighted by atomic mass is 9.93. The summed E-state index contributed by atoms with van der Waals surface area (Å²) in [6.45, 7) is 5.02. The molecule has 0 aliphatic rings. The van der Waals surface area contributed by atoms with Crippen LogP contribution in [0, 0.1) is 5.92 Å². The predicted octanol–water partition coefficient (Wildman–Crippen LogP) is 1.74. The molecule has 3 N–H and O–H groups in total. The zero-order chi connectivity index (χ0) is 18.5. The van der Waals surface area contributed by atoms with Gasteiger partial charge in [0.25, 0.3) is 5.91 Å². The van der Waals surface area contributed by atoms with Crippen molar-refractivity contribution >= 4 is 36.0 Å². The first-order valence-corrected chi connectivity index (χ1v) is 8.30. The van der Waals surface area contributed by atoms with Gasteiger partial charge in [0.15, 0.2) is 11.3 Å². The second kappa shape index (κ2) is 8.30. The van der Waals surface area contributed by atoms with Crippen molar-refractivity contribution in [3.05, 3.63) is 30.3 Å². The molecule has 0 aromatic heterocycles. The van der Waals surface area contributed by atoms with Gasteiger partial charge in [-0.15, -0.1) is 0 Å². The van der Waals surface area contributed by atoms with Crippen LogP contribution in [0.25, 0.3) is 0 Å². The summed E-state index contributed by atoms with van der Waals surface area (Å²) >= 11 is 3.89. The maximum absolute atomic E-state index is 13.0. The summed E-state index contributed by atoms with van der Waals surface area (Å²) in [7, 11) is 0. The molecule has 0 spiro atoms. The summed E-state index contributed by atoms with van der Waals surface area (Å²) in [4.78, 5) is 37.9. The molecule has 1 rings (SSSR count). The molecule has 0 saturated heterocycles. The highest BCUT2D eigenvalue weighted by Crippen LogP contribution is 2.24. The van der Waals surface area contributed by atoms with Crippen LogP contribution in [0.4, 0.5) is 5.69 Å². The van der Waals surface area contributed by atoms with Gasteiger partial charge in [-0.05, 0) is 31.4 Å². The van der Waals surface area contributed by atoms with E-state index in [0.29, 0.717) is 5.69 Å². The summed E-state index contributed by atoms with van der Waals surface area (Å²) in [6.07, 6.45) is 0.237. The van der Waals surface area contributed by atoms with Crippen LogP contribution in [-0.2, 0) is 14.4 Å². The fourth-order valence-electron chi connectivity index (χ4n) is 2.32. The van der Waals surface area contributed by atoms with E-state index in [-0.39, 0.29) is 18.1 Å². The van der Waals surface area contributed by atoms with Crippen LogP contribution in [0.15, 0.2) is 30.3 Å². The Kier molecular flexibility index (Phi) is 6.98. The highest BCUT2D eigenvalue weighted by atomic mass is 32.1. The standard InChI is InChI=1S/C17H24N2O4S/c1-11(2)9-13(15(21)22)19(12-7-5-4-6-8-12)16(23)17(3,18)14(20)10-24/h4-8,11,13,24H,9-10,18H2,1-3H3,(H,21,22)/t13-,17+/m0/s1. The first-order chi connectivity index (χ1) is 11.1. The minimum Gasteiger partial charge on any atom is -0.480 e. The molecule has 0 radical (unpaired) electrons. The fraction of sp³-hybridized carbons (Fsp3) is 0.471. The molecule has 0 bridgehead atoms. The summed E-state index contributed by atoms with van der Waals surface area (Å²) in [5.74, 6) is -2.63. The number of carbonyl (C=O) groups excluding carboxylic acids is 2. The first kappa shape index (κ1) is 20.2. The zero-order valence-electron chi connectivity index (χ0n) is 14.1. The quantitative estimate of drug-likeness (QED) is 0.489. The third-order valence-corrected chi connectivity index (χ3v) is 4.00. The van der Waals surface area contributed by atoms with Crippen molar-refractivity contribution in [3.8, 4) is 0 Å². The van der Waals surface area contributed by atoms with Gasteiger partial charge in [0, 0.05) is 5.69 Å². The number of thiol groups is 1. The lowest BCUT2D eigenvalue weighted by molar-refractivity contribution is -0.142. The van der Waals surface area contributed by atoms with Crippen LogP contribution < -0.4 is 10.6 Å². The molecule has 0 heterocycles. The molecule has 0 aliphatic heterocycles. The number of rotatable bonds is 8. The summed E-state index contributed by atoms with van der Waals surface area (Å²) in [5.41, 5.74) is 4.48. The third kappa shape index (κ3) is 4.58. The Labute approximate surface area is 147 Å². The second-order valence-corrected chi connectivity index (χ2v) is 6.59. The Hall–Kier alpha value is -1.86. The summed E-state index contributed by atoms with van der Waals surface area (Å²) in [6, 6.07) is 7.27. The highest BCUT2D eigenvalue weighted by Gasteiger charge is 2.43. The van der Waals surface area contributed by atoms with Crippen molar-refractivity contribution in [2.75, 3.05) is 10.7 Å². The molecule has 7 heteroatoms. The van der Waals surface area contributed by atoms with Gasteiger partial charge >= 0.3 is 5.97 Å². The molecule has 1 amide bonds. The van der Waals surface area contributed by atoms with Crippen LogP contribution in [0.1, 0.15) is 27.2 Å². The molecule has 24 heavy (non-hydrogen) atoms. The van der Waals surface area contributed by atoms with Crippen LogP contribution in [0.5, 0.6) is 0 Å². The normalized spacial score (nSPS) is 14.8. The van der Waals surface area contributed by atoms with Crippen LogP contribution in [-0.4, -0.2) is 40.1 Å². The number of hydrogen-bond donors (Lipinski definition) is 3. The average molecular weight is 352 g/mol. The first-order valence-electron chi connectivity index (χ1n) is 7.67. The molecule has 0 saturated carbocycles. The van der Waals surface area contributed by atoms with Crippen molar-refractivity contribution in [3.63, 3.8) is 0 Å². The topological polar surface area (TPSA) is 101 Å². The van der Waals surface area contributed by atoms with Gasteiger partial charge in [0.1, 0.15) is 6.04 Å². The number of Topliss-reactive ketones (excluding diaryl/α,β-unsaturated/α-hetero) is 1. The van der Waals surface area contributed by atoms with Crippen LogP contribution in [0.2, 0.25) is 0 Å². The van der Waals surface area contributed by atoms with Gasteiger partial charge in [-0.25, -0.2) is 4.79 Å². The number of amides is 1. The Morgan fingerprint density at radius 2 is 1.79 bits per heavy atom. The molecular weight excluding hydrogens is 328 g/mol. The number of carboxylic acids is 1. The number of anilines is 1. The van der Waals surface area contributed by atoms with E-state index in [2.05, 4.69) is 12.6 Å². The number of nitrogens with two attached hydrogens (primary N) is 1. The Balaban J connectivity index is 3.41. The summed E-state index contributed by atoms with van der Waals surface area (Å²) in [5, 5.41) is 9.63. The molecule has 6 nitrogen and oxygen atoms in total. The molecule has 0 fully saturated rings. The number of ketones is 1. The number of carboxylic acid groups (broad SMARTS) is 1. The average Bonchev–Trinajstić information content (AvgIpc) is 2.53. The van der Waals surface area contributed by atoms with E-state index in [0.717, 1.165) is 4.90 Å². The molecule has 2 atom stereocenters. The van der Waals surface area contributed by atoms with E-state index in [9.17, 15) is 19.5 Å². The van der Waals surface area contributed by atoms with Crippen molar-refractivity contribution in [2.45, 2.75) is 38.8 Å². The maximum Gasteiger partial charge on any atom is 0.326 e. The van der Waals surface area contributed by atoms with E-state index in [1.54, 1.807) is 30.3 Å². The van der Waals surface area contributed by atoms with E-state index < -0.39 is 29.2 Å². The minimum absolute atomic E-state index is 0.0368. The third-order valence-electron chi connectivity index (χ3n) is 3.71. The molecule has 0 unspecified atom stereocenters. The van der Waals surface area contributed by atoms with E-state index in [4.69, 9.17) is 5.73 Å². The predicted molar refractivity (Wildman–Crippen MR) is 96.3 cm³/mol. The number of benzene rings is 1. The molecular formula is C17H24N2O4S. The van der Waals surface area contributed by atoms with Gasteiger partial charge in [0.05, 0.1) is 5.75 Å². The highest BCUT2D eigenvalue weighted by molar-refractivity contribution is 7.81. The summed E-state index contributed by atoms with van der Waals surface area (Å²) < 4.78 is 0. The van der Waals surface area contributed by atoms with Crippen molar-refractivity contribution in [1.82, 2.24) is 0 Å². The SMILES string of the molecule is CC(C)C[C@@H](C(=O)O)N(C(=O)[C@](C)(N)C(=O)CS)c1ccccc1. The molecule has 0 aliphatic carbocycles.